The number of amides is 2. The molecule has 3 atom stereocenters. The van der Waals surface area contributed by atoms with Gasteiger partial charge in [-0.25, -0.2) is 4.79 Å². The number of carbonyl (C=O) groups is 3. The van der Waals surface area contributed by atoms with Crippen molar-refractivity contribution in [1.29, 1.82) is 0 Å². The average molecular weight is 258 g/mol. The number of nitrogens with zero attached hydrogens (tertiary/aromatic N) is 1. The minimum absolute atomic E-state index is 0.262. The fraction of sp³-hybridized carbons (Fsp3) is 0.700. The van der Waals surface area contributed by atoms with Crippen LogP contribution < -0.4 is 5.32 Å². The predicted octanol–water partition coefficient (Wildman–Crippen LogP) is -0.362. The number of carboxylic acids is 1. The molecule has 0 aliphatic carbocycles. The summed E-state index contributed by atoms with van der Waals surface area (Å²) in [5.41, 5.74) is 0. The van der Waals surface area contributed by atoms with Gasteiger partial charge in [-0.15, -0.1) is 11.8 Å². The minimum atomic E-state index is -1.00. The first kappa shape index (κ1) is 12.2. The Morgan fingerprint density at radius 1 is 1.47 bits per heavy atom. The molecule has 2 fully saturated rings. The second kappa shape index (κ2) is 3.63. The Labute approximate surface area is 103 Å². The number of aliphatic carboxylic acids is 1. The second-order valence-electron chi connectivity index (χ2n) is 4.78. The number of β-lactam (4-membered cyclic amide) rings is 1. The SMILES string of the molecule is CC(=O)N[C@@H]1C(=O)N2C(C(=O)O)C(C)(C)S[C@@H]12. The molecule has 0 bridgehead atoms. The first-order valence-electron chi connectivity index (χ1n) is 5.25. The molecule has 2 heterocycles. The highest BCUT2D eigenvalue weighted by Crippen LogP contribution is 2.50. The molecule has 0 aromatic rings. The van der Waals surface area contributed by atoms with Crippen LogP contribution in [0.3, 0.4) is 0 Å². The summed E-state index contributed by atoms with van der Waals surface area (Å²) >= 11 is 1.42. The van der Waals surface area contributed by atoms with Crippen LogP contribution in [0.4, 0.5) is 0 Å². The third kappa shape index (κ3) is 1.69. The van der Waals surface area contributed by atoms with E-state index in [-0.39, 0.29) is 17.2 Å². The number of rotatable bonds is 2. The van der Waals surface area contributed by atoms with Crippen molar-refractivity contribution in [3.63, 3.8) is 0 Å². The van der Waals surface area contributed by atoms with E-state index in [1.165, 1.54) is 23.6 Å². The summed E-state index contributed by atoms with van der Waals surface area (Å²) in [4.78, 5) is 35.3. The van der Waals surface area contributed by atoms with Crippen molar-refractivity contribution in [1.82, 2.24) is 10.2 Å². The summed E-state index contributed by atoms with van der Waals surface area (Å²) in [6, 6.07) is -1.41. The maximum atomic E-state index is 11.8. The van der Waals surface area contributed by atoms with Crippen LogP contribution in [-0.2, 0) is 14.4 Å². The van der Waals surface area contributed by atoms with Gasteiger partial charge in [0.05, 0.1) is 0 Å². The molecule has 0 radical (unpaired) electrons. The van der Waals surface area contributed by atoms with Gasteiger partial charge in [-0.3, -0.25) is 9.59 Å². The lowest BCUT2D eigenvalue weighted by Gasteiger charge is -2.43. The summed E-state index contributed by atoms with van der Waals surface area (Å²) in [6.45, 7) is 4.94. The number of thioether (sulfide) groups is 1. The lowest BCUT2D eigenvalue weighted by atomic mass is 9.96. The first-order valence-corrected chi connectivity index (χ1v) is 6.13. The number of nitrogens with one attached hydrogen (secondary N) is 1. The molecule has 2 amide bonds. The van der Waals surface area contributed by atoms with E-state index in [0.717, 1.165) is 0 Å². The Balaban J connectivity index is 2.21. The van der Waals surface area contributed by atoms with Gasteiger partial charge in [-0.05, 0) is 13.8 Å². The smallest absolute Gasteiger partial charge is 0.327 e. The second-order valence-corrected chi connectivity index (χ2v) is 6.55. The third-order valence-electron chi connectivity index (χ3n) is 3.03. The van der Waals surface area contributed by atoms with Crippen LogP contribution in [0.25, 0.3) is 0 Å². The molecular formula is C10H14N2O4S. The Morgan fingerprint density at radius 3 is 2.53 bits per heavy atom. The molecule has 2 aliphatic rings. The molecule has 2 aliphatic heterocycles. The fourth-order valence-corrected chi connectivity index (χ4v) is 3.99. The fourth-order valence-electron chi connectivity index (χ4n) is 2.36. The normalized spacial score (nSPS) is 33.9. The molecule has 2 rings (SSSR count). The zero-order chi connectivity index (χ0) is 13.0. The van der Waals surface area contributed by atoms with Gasteiger partial charge in [0.2, 0.25) is 11.8 Å². The van der Waals surface area contributed by atoms with Gasteiger partial charge in [0.25, 0.3) is 0 Å². The molecule has 0 spiro atoms. The van der Waals surface area contributed by atoms with Crippen molar-refractivity contribution in [2.45, 2.75) is 43.0 Å². The molecule has 6 nitrogen and oxygen atoms in total. The molecule has 0 saturated carbocycles. The predicted molar refractivity (Wildman–Crippen MR) is 61.3 cm³/mol. The number of fused-ring (bicyclic) bond motifs is 1. The van der Waals surface area contributed by atoms with E-state index in [1.807, 2.05) is 0 Å². The van der Waals surface area contributed by atoms with Crippen LogP contribution in [0, 0.1) is 0 Å². The van der Waals surface area contributed by atoms with Gasteiger partial charge in [-0.2, -0.15) is 0 Å². The van der Waals surface area contributed by atoms with E-state index >= 15 is 0 Å². The topological polar surface area (TPSA) is 86.7 Å². The van der Waals surface area contributed by atoms with Crippen LogP contribution in [-0.4, -0.2) is 50.0 Å². The van der Waals surface area contributed by atoms with Crippen molar-refractivity contribution in [3.05, 3.63) is 0 Å². The van der Waals surface area contributed by atoms with Gasteiger partial charge in [0.1, 0.15) is 17.5 Å². The lowest BCUT2D eigenvalue weighted by Crippen LogP contribution is -2.70. The summed E-state index contributed by atoms with van der Waals surface area (Å²) in [5, 5.41) is 11.5. The zero-order valence-electron chi connectivity index (χ0n) is 9.76. The van der Waals surface area contributed by atoms with Gasteiger partial charge in [-0.1, -0.05) is 0 Å². The van der Waals surface area contributed by atoms with Crippen LogP contribution in [0.15, 0.2) is 0 Å². The van der Waals surface area contributed by atoms with E-state index in [0.29, 0.717) is 0 Å². The molecular weight excluding hydrogens is 244 g/mol. The Kier molecular flexibility index (Phi) is 2.61. The highest BCUT2D eigenvalue weighted by Gasteiger charge is 2.64. The van der Waals surface area contributed by atoms with E-state index in [1.54, 1.807) is 13.8 Å². The first-order chi connectivity index (χ1) is 7.75. The van der Waals surface area contributed by atoms with Crippen LogP contribution in [0.5, 0.6) is 0 Å². The van der Waals surface area contributed by atoms with Crippen molar-refractivity contribution in [2.24, 2.45) is 0 Å². The summed E-state index contributed by atoms with van der Waals surface area (Å²) in [6.07, 6.45) is 0. The minimum Gasteiger partial charge on any atom is -0.480 e. The molecule has 94 valence electrons. The highest BCUT2D eigenvalue weighted by atomic mass is 32.2. The van der Waals surface area contributed by atoms with Crippen molar-refractivity contribution in [2.75, 3.05) is 0 Å². The van der Waals surface area contributed by atoms with Gasteiger partial charge in [0, 0.05) is 11.7 Å². The molecule has 7 heteroatoms. The molecule has 0 aromatic carbocycles. The van der Waals surface area contributed by atoms with Gasteiger partial charge < -0.3 is 15.3 Å². The van der Waals surface area contributed by atoms with Crippen molar-refractivity contribution < 1.29 is 19.5 Å². The Morgan fingerprint density at radius 2 is 2.06 bits per heavy atom. The zero-order valence-corrected chi connectivity index (χ0v) is 10.6. The maximum Gasteiger partial charge on any atom is 0.327 e. The largest absolute Gasteiger partial charge is 0.480 e. The number of carbonyl (C=O) groups excluding carboxylic acids is 2. The third-order valence-corrected chi connectivity index (χ3v) is 4.61. The van der Waals surface area contributed by atoms with E-state index < -0.39 is 22.8 Å². The van der Waals surface area contributed by atoms with E-state index in [4.69, 9.17) is 5.11 Å². The van der Waals surface area contributed by atoms with Crippen LogP contribution in [0.1, 0.15) is 20.8 Å². The van der Waals surface area contributed by atoms with Crippen LogP contribution in [0.2, 0.25) is 0 Å². The molecule has 0 aromatic heterocycles. The van der Waals surface area contributed by atoms with Crippen molar-refractivity contribution in [3.8, 4) is 0 Å². The maximum absolute atomic E-state index is 11.8. The molecule has 17 heavy (non-hydrogen) atoms. The van der Waals surface area contributed by atoms with Gasteiger partial charge >= 0.3 is 5.97 Å². The van der Waals surface area contributed by atoms with Crippen molar-refractivity contribution >= 4 is 29.5 Å². The quantitative estimate of drug-likeness (QED) is 0.660. The molecule has 2 N–H and O–H groups in total. The summed E-state index contributed by atoms with van der Waals surface area (Å²) in [7, 11) is 0. The Hall–Kier alpha value is -1.24. The molecule has 2 saturated heterocycles. The lowest BCUT2D eigenvalue weighted by molar-refractivity contribution is -0.161. The van der Waals surface area contributed by atoms with Gasteiger partial charge in [0.15, 0.2) is 0 Å². The summed E-state index contributed by atoms with van der Waals surface area (Å²) in [5.74, 6) is -1.59. The van der Waals surface area contributed by atoms with Crippen LogP contribution >= 0.6 is 11.8 Å². The standard InChI is InChI=1S/C10H14N2O4S/c1-4(13)11-5-7(14)12-6(9(15)16)10(2,3)17-8(5)12/h5-6,8H,1-3H3,(H,11,13)(H,15,16)/t5-,6?,8+/m1/s1. The van der Waals surface area contributed by atoms with E-state index in [2.05, 4.69) is 5.32 Å². The highest BCUT2D eigenvalue weighted by molar-refractivity contribution is 8.01. The van der Waals surface area contributed by atoms with E-state index in [9.17, 15) is 14.4 Å². The average Bonchev–Trinajstić information content (AvgIpc) is 2.43. The number of carboxylic acid groups (broad SMARTS) is 1. The number of hydrogen-bond donors (Lipinski definition) is 2. The summed E-state index contributed by atoms with van der Waals surface area (Å²) < 4.78 is -0.542. The monoisotopic (exact) mass is 258 g/mol. The molecule has 1 unspecified atom stereocenters. The Bertz CT molecular complexity index is 409. The number of hydrogen-bond acceptors (Lipinski definition) is 4.